The van der Waals surface area contributed by atoms with Crippen molar-refractivity contribution in [2.45, 2.75) is 30.6 Å². The number of hydrogen-bond acceptors (Lipinski definition) is 6. The number of aliphatic hydroxyl groups excluding tert-OH is 4. The van der Waals surface area contributed by atoms with Crippen LogP contribution in [-0.2, 0) is 4.74 Å². The van der Waals surface area contributed by atoms with E-state index >= 15 is 0 Å². The SMILES string of the molecule is OC[C@H]1OC(Nc2ccccc2)[C@H](O)[C@@H](O)[C@@H]1O. The molecule has 0 bridgehead atoms. The average molecular weight is 255 g/mol. The summed E-state index contributed by atoms with van der Waals surface area (Å²) in [5, 5.41) is 41.0. The summed E-state index contributed by atoms with van der Waals surface area (Å²) >= 11 is 0. The van der Waals surface area contributed by atoms with Crippen molar-refractivity contribution in [2.24, 2.45) is 0 Å². The molecule has 18 heavy (non-hydrogen) atoms. The van der Waals surface area contributed by atoms with Crippen molar-refractivity contribution in [2.75, 3.05) is 11.9 Å². The third kappa shape index (κ3) is 2.63. The van der Waals surface area contributed by atoms with Crippen LogP contribution in [0.2, 0.25) is 0 Å². The van der Waals surface area contributed by atoms with E-state index < -0.39 is 37.3 Å². The van der Waals surface area contributed by atoms with Crippen molar-refractivity contribution in [1.29, 1.82) is 0 Å². The van der Waals surface area contributed by atoms with Crippen molar-refractivity contribution in [1.82, 2.24) is 0 Å². The molecular formula is C12H17NO5. The number of para-hydroxylation sites is 1. The smallest absolute Gasteiger partial charge is 0.157 e. The summed E-state index contributed by atoms with van der Waals surface area (Å²) in [6.07, 6.45) is -5.76. The third-order valence-electron chi connectivity index (χ3n) is 2.97. The zero-order valence-electron chi connectivity index (χ0n) is 9.68. The van der Waals surface area contributed by atoms with E-state index in [1.54, 1.807) is 12.1 Å². The van der Waals surface area contributed by atoms with Crippen LogP contribution in [0, 0.1) is 0 Å². The largest absolute Gasteiger partial charge is 0.394 e. The Hall–Kier alpha value is -1.18. The predicted molar refractivity (Wildman–Crippen MR) is 63.8 cm³/mol. The maximum atomic E-state index is 9.80. The van der Waals surface area contributed by atoms with Crippen LogP contribution in [0.1, 0.15) is 0 Å². The average Bonchev–Trinajstić information content (AvgIpc) is 2.40. The van der Waals surface area contributed by atoms with Gasteiger partial charge in [0.25, 0.3) is 0 Å². The number of anilines is 1. The van der Waals surface area contributed by atoms with Gasteiger partial charge in [-0.1, -0.05) is 18.2 Å². The van der Waals surface area contributed by atoms with Crippen LogP contribution in [0.5, 0.6) is 0 Å². The molecule has 1 aliphatic rings. The summed E-state index contributed by atoms with van der Waals surface area (Å²) in [5.41, 5.74) is 0.710. The van der Waals surface area contributed by atoms with Crippen molar-refractivity contribution >= 4 is 5.69 Å². The zero-order valence-corrected chi connectivity index (χ0v) is 9.68. The molecule has 2 rings (SSSR count). The molecule has 0 radical (unpaired) electrons. The minimum Gasteiger partial charge on any atom is -0.394 e. The first-order valence-electron chi connectivity index (χ1n) is 5.75. The molecule has 6 heteroatoms. The van der Waals surface area contributed by atoms with Crippen molar-refractivity contribution < 1.29 is 25.2 Å². The topological polar surface area (TPSA) is 102 Å². The molecule has 0 aromatic heterocycles. The predicted octanol–water partition coefficient (Wildman–Crippen LogP) is -1.10. The van der Waals surface area contributed by atoms with E-state index in [0.717, 1.165) is 0 Å². The lowest BCUT2D eigenvalue weighted by molar-refractivity contribution is -0.221. The van der Waals surface area contributed by atoms with Crippen molar-refractivity contribution in [3.8, 4) is 0 Å². The second-order valence-electron chi connectivity index (χ2n) is 4.26. The highest BCUT2D eigenvalue weighted by Crippen LogP contribution is 2.22. The van der Waals surface area contributed by atoms with E-state index in [1.807, 2.05) is 18.2 Å². The molecule has 1 saturated heterocycles. The molecule has 5 atom stereocenters. The van der Waals surface area contributed by atoms with Gasteiger partial charge in [0.1, 0.15) is 24.4 Å². The molecule has 1 heterocycles. The van der Waals surface area contributed by atoms with E-state index in [9.17, 15) is 15.3 Å². The van der Waals surface area contributed by atoms with Crippen LogP contribution in [0.15, 0.2) is 30.3 Å². The number of ether oxygens (including phenoxy) is 1. The van der Waals surface area contributed by atoms with E-state index in [2.05, 4.69) is 5.32 Å². The van der Waals surface area contributed by atoms with Crippen LogP contribution in [0.3, 0.4) is 0 Å². The van der Waals surface area contributed by atoms with Gasteiger partial charge in [0.15, 0.2) is 6.23 Å². The lowest BCUT2D eigenvalue weighted by Crippen LogP contribution is -2.60. The number of benzene rings is 1. The molecule has 6 nitrogen and oxygen atoms in total. The van der Waals surface area contributed by atoms with Gasteiger partial charge in [0.05, 0.1) is 6.61 Å². The molecule has 1 fully saturated rings. The fraction of sp³-hybridized carbons (Fsp3) is 0.500. The summed E-state index contributed by atoms with van der Waals surface area (Å²) in [6, 6.07) is 9.03. The minimum absolute atomic E-state index is 0.433. The Labute approximate surface area is 104 Å². The highest BCUT2D eigenvalue weighted by atomic mass is 16.6. The molecule has 5 N–H and O–H groups in total. The number of aliphatic hydroxyl groups is 4. The molecular weight excluding hydrogens is 238 g/mol. The van der Waals surface area contributed by atoms with Crippen molar-refractivity contribution in [3.05, 3.63) is 30.3 Å². The van der Waals surface area contributed by atoms with Gasteiger partial charge < -0.3 is 30.5 Å². The van der Waals surface area contributed by atoms with Gasteiger partial charge in [0.2, 0.25) is 0 Å². The van der Waals surface area contributed by atoms with Gasteiger partial charge in [-0.25, -0.2) is 0 Å². The Kier molecular flexibility index (Phi) is 4.15. The van der Waals surface area contributed by atoms with E-state index in [4.69, 9.17) is 9.84 Å². The van der Waals surface area contributed by atoms with Crippen LogP contribution >= 0.6 is 0 Å². The van der Waals surface area contributed by atoms with Gasteiger partial charge >= 0.3 is 0 Å². The highest BCUT2D eigenvalue weighted by Gasteiger charge is 2.43. The fourth-order valence-electron chi connectivity index (χ4n) is 1.92. The zero-order chi connectivity index (χ0) is 13.1. The maximum Gasteiger partial charge on any atom is 0.157 e. The molecule has 1 unspecified atom stereocenters. The monoisotopic (exact) mass is 255 g/mol. The van der Waals surface area contributed by atoms with Gasteiger partial charge in [-0.05, 0) is 12.1 Å². The fourth-order valence-corrected chi connectivity index (χ4v) is 1.92. The quantitative estimate of drug-likeness (QED) is 0.470. The first-order valence-corrected chi connectivity index (χ1v) is 5.75. The lowest BCUT2D eigenvalue weighted by Gasteiger charge is -2.40. The highest BCUT2D eigenvalue weighted by molar-refractivity contribution is 5.43. The Morgan fingerprint density at radius 2 is 1.67 bits per heavy atom. The normalized spacial score (nSPS) is 36.3. The number of rotatable bonds is 3. The Morgan fingerprint density at radius 3 is 2.28 bits per heavy atom. The molecule has 1 aromatic rings. The molecule has 0 aliphatic carbocycles. The summed E-state index contributed by atoms with van der Waals surface area (Å²) < 4.78 is 5.31. The lowest BCUT2D eigenvalue weighted by atomic mass is 9.98. The minimum atomic E-state index is -1.36. The van der Waals surface area contributed by atoms with Crippen LogP contribution < -0.4 is 5.32 Å². The Balaban J connectivity index is 2.08. The Bertz CT molecular complexity index is 372. The third-order valence-corrected chi connectivity index (χ3v) is 2.97. The van der Waals surface area contributed by atoms with Crippen molar-refractivity contribution in [3.63, 3.8) is 0 Å². The summed E-state index contributed by atoms with van der Waals surface area (Å²) in [7, 11) is 0. The summed E-state index contributed by atoms with van der Waals surface area (Å²) in [5.74, 6) is 0. The van der Waals surface area contributed by atoms with Gasteiger partial charge in [0, 0.05) is 5.69 Å². The van der Waals surface area contributed by atoms with Crippen LogP contribution in [-0.4, -0.2) is 57.7 Å². The molecule has 0 amide bonds. The molecule has 100 valence electrons. The second-order valence-corrected chi connectivity index (χ2v) is 4.26. The number of hydrogen-bond donors (Lipinski definition) is 5. The van der Waals surface area contributed by atoms with E-state index in [1.165, 1.54) is 0 Å². The second kappa shape index (κ2) is 5.64. The Morgan fingerprint density at radius 1 is 1.00 bits per heavy atom. The molecule has 1 aromatic carbocycles. The summed E-state index contributed by atoms with van der Waals surface area (Å²) in [6.45, 7) is -0.433. The van der Waals surface area contributed by atoms with E-state index in [0.29, 0.717) is 5.69 Å². The standard InChI is InChI=1S/C12H17NO5/c14-6-8-9(15)10(16)11(17)12(18-8)13-7-4-2-1-3-5-7/h1-5,8-17H,6H2/t8-,9-,10+,11-,12?/m1/s1. The molecule has 0 spiro atoms. The van der Waals surface area contributed by atoms with Gasteiger partial charge in [-0.15, -0.1) is 0 Å². The molecule has 1 aliphatic heterocycles. The first-order chi connectivity index (χ1) is 8.63. The van der Waals surface area contributed by atoms with Gasteiger partial charge in [-0.2, -0.15) is 0 Å². The maximum absolute atomic E-state index is 9.80. The van der Waals surface area contributed by atoms with Crippen LogP contribution in [0.25, 0.3) is 0 Å². The summed E-state index contributed by atoms with van der Waals surface area (Å²) in [4.78, 5) is 0. The van der Waals surface area contributed by atoms with Gasteiger partial charge in [-0.3, -0.25) is 0 Å². The van der Waals surface area contributed by atoms with E-state index in [-0.39, 0.29) is 0 Å². The van der Waals surface area contributed by atoms with Crippen LogP contribution in [0.4, 0.5) is 5.69 Å². The number of nitrogens with one attached hydrogen (secondary N) is 1. The first kappa shape index (κ1) is 13.3. The molecule has 0 saturated carbocycles.